The average molecular weight is 1040 g/mol. The van der Waals surface area contributed by atoms with E-state index in [1.54, 1.807) is 113 Å². The van der Waals surface area contributed by atoms with Crippen molar-refractivity contribution in [1.82, 2.24) is 26.0 Å². The van der Waals surface area contributed by atoms with Crippen molar-refractivity contribution in [2.45, 2.75) is 135 Å². The zero-order valence-electron chi connectivity index (χ0n) is 43.2. The van der Waals surface area contributed by atoms with Crippen LogP contribution in [0.2, 0.25) is 0 Å². The highest BCUT2D eigenvalue weighted by Gasteiger charge is 2.34. The average Bonchev–Trinajstić information content (AvgIpc) is 3.33. The number of nitrogens with two attached hydrogens (primary N) is 2. The molecule has 74 heavy (non-hydrogen) atoms. The van der Waals surface area contributed by atoms with E-state index in [0.717, 1.165) is 5.56 Å². The number of amides is 4. The number of guanidine groups is 1. The number of ether oxygens (including phenoxy) is 2. The third-order valence-corrected chi connectivity index (χ3v) is 13.2. The zero-order chi connectivity index (χ0) is 54.5. The number of phenols is 1. The largest absolute Gasteiger partial charge is 0.508 e. The Morgan fingerprint density at radius 3 is 1.70 bits per heavy atom. The summed E-state index contributed by atoms with van der Waals surface area (Å²) in [5.74, 6) is -5.46. The van der Waals surface area contributed by atoms with Crippen molar-refractivity contribution in [3.63, 3.8) is 0 Å². The number of aliphatic imine (C=N–C) groups is 1. The summed E-state index contributed by atoms with van der Waals surface area (Å²) in [7, 11) is -4.14. The first kappa shape index (κ1) is 59.2. The van der Waals surface area contributed by atoms with Gasteiger partial charge in [0.05, 0.1) is 17.4 Å². The number of benzene rings is 4. The minimum absolute atomic E-state index is 0.0188. The van der Waals surface area contributed by atoms with Gasteiger partial charge in [0.2, 0.25) is 29.6 Å². The molecule has 0 radical (unpaired) electrons. The van der Waals surface area contributed by atoms with Crippen LogP contribution in [0.1, 0.15) is 93.2 Å². The van der Waals surface area contributed by atoms with Crippen molar-refractivity contribution in [1.29, 1.82) is 0 Å². The summed E-state index contributed by atoms with van der Waals surface area (Å²) >= 11 is 0. The number of nitrogens with zero attached hydrogens (tertiary/aromatic N) is 1. The lowest BCUT2D eigenvalue weighted by molar-refractivity contribution is -0.149. The summed E-state index contributed by atoms with van der Waals surface area (Å²) in [4.78, 5) is 87.6. The number of carbonyl (C=O) groups excluding carboxylic acids is 6. The number of sulfonamides is 1. The Balaban J connectivity index is 1.62. The molecular weight excluding hydrogens is 969 g/mol. The van der Waals surface area contributed by atoms with Crippen LogP contribution >= 0.6 is 0 Å². The van der Waals surface area contributed by atoms with Crippen LogP contribution in [-0.2, 0) is 67.9 Å². The molecule has 0 aliphatic rings. The smallest absolute Gasteiger partial charge is 0.329 e. The van der Waals surface area contributed by atoms with Crippen LogP contribution in [0.3, 0.4) is 0 Å². The van der Waals surface area contributed by atoms with Crippen molar-refractivity contribution in [3.05, 3.63) is 130 Å². The van der Waals surface area contributed by atoms with Crippen molar-refractivity contribution in [2.75, 3.05) is 6.54 Å². The SMILES string of the molecule is Cc1cc(C)c(S(=O)(=O)NC(N)=NCCC[C@H](NC(=O)[C@H](CC(C)C)NC(=O)[C@H](CC(=O)OCc2ccccc2)NC(=O)[C@H](N)CC(C)C)C(=O)N[C@@H](Cc2ccc(O)cc2)C(=O)OCc2ccccc2)c(C)c1. The van der Waals surface area contributed by atoms with E-state index in [9.17, 15) is 42.3 Å². The minimum atomic E-state index is -4.14. The summed E-state index contributed by atoms with van der Waals surface area (Å²) in [6.07, 6.45) is -0.455. The Morgan fingerprint density at radius 2 is 1.14 bits per heavy atom. The molecule has 4 amide bonds. The van der Waals surface area contributed by atoms with Gasteiger partial charge in [0.15, 0.2) is 0 Å². The Morgan fingerprint density at radius 1 is 0.635 bits per heavy atom. The maximum Gasteiger partial charge on any atom is 0.329 e. The maximum atomic E-state index is 14.5. The lowest BCUT2D eigenvalue weighted by Crippen LogP contribution is -2.59. The molecule has 4 aromatic rings. The van der Waals surface area contributed by atoms with Gasteiger partial charge in [0, 0.05) is 13.0 Å². The highest BCUT2D eigenvalue weighted by atomic mass is 32.2. The van der Waals surface area contributed by atoms with Crippen molar-refractivity contribution in [3.8, 4) is 5.75 Å². The molecule has 0 fully saturated rings. The number of carbonyl (C=O) groups is 6. The third kappa shape index (κ3) is 19.9. The monoisotopic (exact) mass is 1040 g/mol. The maximum absolute atomic E-state index is 14.5. The summed E-state index contributed by atoms with van der Waals surface area (Å²) in [5.41, 5.74) is 16.1. The van der Waals surface area contributed by atoms with Crippen LogP contribution in [0.25, 0.3) is 0 Å². The van der Waals surface area contributed by atoms with Gasteiger partial charge in [0.1, 0.15) is 43.1 Å². The van der Waals surface area contributed by atoms with Crippen molar-refractivity contribution in [2.24, 2.45) is 28.3 Å². The molecule has 0 spiro atoms. The van der Waals surface area contributed by atoms with Gasteiger partial charge in [0.25, 0.3) is 10.0 Å². The van der Waals surface area contributed by atoms with E-state index < -0.39 is 88.2 Å². The Hall–Kier alpha value is -7.32. The second-order valence-corrected chi connectivity index (χ2v) is 20.8. The molecule has 0 aliphatic heterocycles. The highest BCUT2D eigenvalue weighted by molar-refractivity contribution is 7.90. The lowest BCUT2D eigenvalue weighted by atomic mass is 10.0. The van der Waals surface area contributed by atoms with Crippen LogP contribution in [0.4, 0.5) is 0 Å². The van der Waals surface area contributed by atoms with Gasteiger partial charge in [-0.15, -0.1) is 0 Å². The third-order valence-electron chi connectivity index (χ3n) is 11.5. The molecule has 4 aromatic carbocycles. The predicted molar refractivity (Wildman–Crippen MR) is 280 cm³/mol. The highest BCUT2D eigenvalue weighted by Crippen LogP contribution is 2.22. The number of esters is 2. The number of hydrogen-bond donors (Lipinski definition) is 8. The topological polar surface area (TPSA) is 300 Å². The van der Waals surface area contributed by atoms with Gasteiger partial charge < -0.3 is 47.3 Å². The summed E-state index contributed by atoms with van der Waals surface area (Å²) in [6, 6.07) is 20.6. The first-order valence-corrected chi connectivity index (χ1v) is 26.0. The molecule has 0 saturated carbocycles. The number of rotatable bonds is 27. The van der Waals surface area contributed by atoms with E-state index >= 15 is 0 Å². The molecule has 0 bridgehead atoms. The molecule has 0 saturated heterocycles. The Bertz CT molecular complexity index is 2640. The number of hydrogen-bond acceptors (Lipinski definition) is 13. The van der Waals surface area contributed by atoms with Gasteiger partial charge >= 0.3 is 11.9 Å². The molecule has 19 nitrogen and oxygen atoms in total. The number of nitrogens with one attached hydrogen (secondary N) is 5. The van der Waals surface area contributed by atoms with Crippen LogP contribution < -0.4 is 37.5 Å². The molecule has 10 N–H and O–H groups in total. The second kappa shape index (κ2) is 28.8. The van der Waals surface area contributed by atoms with Crippen LogP contribution in [0, 0.1) is 32.6 Å². The van der Waals surface area contributed by atoms with E-state index in [1.165, 1.54) is 12.1 Å². The molecule has 400 valence electrons. The van der Waals surface area contributed by atoms with E-state index in [1.807, 2.05) is 20.8 Å². The molecular formula is C54H72N8O11S. The molecule has 0 aromatic heterocycles. The normalized spacial score (nSPS) is 13.7. The van der Waals surface area contributed by atoms with Crippen molar-refractivity contribution >= 4 is 51.6 Å². The number of aromatic hydroxyl groups is 1. The van der Waals surface area contributed by atoms with Crippen LogP contribution in [-0.4, -0.2) is 91.8 Å². The predicted octanol–water partition coefficient (Wildman–Crippen LogP) is 4.17. The molecule has 4 rings (SSSR count). The van der Waals surface area contributed by atoms with Crippen molar-refractivity contribution < 1.29 is 51.8 Å². The first-order valence-electron chi connectivity index (χ1n) is 24.6. The van der Waals surface area contributed by atoms with Gasteiger partial charge in [-0.05, 0) is 98.2 Å². The van der Waals surface area contributed by atoms with Gasteiger partial charge in [-0.3, -0.25) is 29.0 Å². The zero-order valence-corrected chi connectivity index (χ0v) is 44.0. The van der Waals surface area contributed by atoms with E-state index in [4.69, 9.17) is 20.9 Å². The lowest BCUT2D eigenvalue weighted by Gasteiger charge is -2.27. The molecule has 0 unspecified atom stereocenters. The summed E-state index contributed by atoms with van der Waals surface area (Å²) in [6.45, 7) is 12.2. The minimum Gasteiger partial charge on any atom is -0.508 e. The van der Waals surface area contributed by atoms with Gasteiger partial charge in [-0.25, -0.2) is 17.9 Å². The number of aryl methyl sites for hydroxylation is 3. The molecule has 0 heterocycles. The molecule has 20 heteroatoms. The fraction of sp³-hybridized carbons (Fsp3) is 0.426. The Labute approximate surface area is 434 Å². The van der Waals surface area contributed by atoms with Crippen LogP contribution in [0.15, 0.2) is 107 Å². The number of phenolic OH excluding ortho intramolecular Hbond substituents is 1. The van der Waals surface area contributed by atoms with Gasteiger partial charge in [-0.1, -0.05) is 118 Å². The summed E-state index contributed by atoms with van der Waals surface area (Å²) in [5, 5.41) is 20.6. The standard InChI is InChI=1S/C54H72N8O11S/c1-33(2)25-42(55)49(65)59-45(30-47(64)72-31-39-15-10-8-11-16-39)52(68)60-44(26-34(3)4)51(67)58-43(19-14-24-57-54(56)62-74(70,71)48-36(6)27-35(5)28-37(48)7)50(66)61-46(29-38-20-22-41(63)23-21-38)53(69)73-32-40-17-12-9-13-18-40/h8-13,15-18,20-23,27-28,33-34,42-46,63H,14,19,24-26,29-32,55H2,1-7H3,(H,58,67)(H,59,65)(H,60,68)(H,61,66)(H3,56,57,62)/t42-,43+,44+,45+,46+/m1/s1. The fourth-order valence-corrected chi connectivity index (χ4v) is 9.46. The van der Waals surface area contributed by atoms with E-state index in [0.29, 0.717) is 27.8 Å². The quantitative estimate of drug-likeness (QED) is 0.0180. The molecule has 5 atom stereocenters. The first-order chi connectivity index (χ1) is 35.0. The second-order valence-electron chi connectivity index (χ2n) is 19.2. The van der Waals surface area contributed by atoms with E-state index in [2.05, 4.69) is 31.0 Å². The molecule has 0 aliphatic carbocycles. The summed E-state index contributed by atoms with van der Waals surface area (Å²) < 4.78 is 40.2. The Kier molecular flexibility index (Phi) is 23.1. The van der Waals surface area contributed by atoms with Crippen LogP contribution in [0.5, 0.6) is 5.75 Å². The van der Waals surface area contributed by atoms with Gasteiger partial charge in [-0.2, -0.15) is 0 Å². The van der Waals surface area contributed by atoms with E-state index in [-0.39, 0.29) is 74.3 Å². The fourth-order valence-electron chi connectivity index (χ4n) is 8.05.